The summed E-state index contributed by atoms with van der Waals surface area (Å²) in [7, 11) is 2.23. The van der Waals surface area contributed by atoms with Crippen LogP contribution in [0.25, 0.3) is 0 Å². The summed E-state index contributed by atoms with van der Waals surface area (Å²) >= 11 is 0. The van der Waals surface area contributed by atoms with Crippen molar-refractivity contribution < 1.29 is 5.11 Å². The Labute approximate surface area is 117 Å². The fourth-order valence-electron chi connectivity index (χ4n) is 3.30. The molecule has 0 unspecified atom stereocenters. The van der Waals surface area contributed by atoms with Gasteiger partial charge in [0.25, 0.3) is 0 Å². The zero-order valence-electron chi connectivity index (χ0n) is 12.5. The molecule has 0 spiro atoms. The van der Waals surface area contributed by atoms with Crippen molar-refractivity contribution in [1.82, 2.24) is 0 Å². The highest BCUT2D eigenvalue weighted by Gasteiger charge is 2.24. The van der Waals surface area contributed by atoms with E-state index in [1.54, 1.807) is 0 Å². The normalized spacial score (nSPS) is 23.4. The van der Waals surface area contributed by atoms with Gasteiger partial charge in [-0.1, -0.05) is 32.0 Å². The largest absolute Gasteiger partial charge is 0.393 e. The molecule has 1 aliphatic carbocycles. The highest BCUT2D eigenvalue weighted by molar-refractivity contribution is 5.60. The molecule has 1 aromatic rings. The Hall–Kier alpha value is -1.02. The van der Waals surface area contributed by atoms with Gasteiger partial charge in [-0.2, -0.15) is 0 Å². The number of rotatable bonds is 4. The summed E-state index contributed by atoms with van der Waals surface area (Å²) < 4.78 is 0. The molecule has 0 aromatic heterocycles. The van der Waals surface area contributed by atoms with E-state index in [1.807, 2.05) is 0 Å². The predicted molar refractivity (Wildman–Crippen MR) is 81.9 cm³/mol. The van der Waals surface area contributed by atoms with E-state index in [0.717, 1.165) is 38.5 Å². The van der Waals surface area contributed by atoms with E-state index in [0.29, 0.717) is 6.04 Å². The summed E-state index contributed by atoms with van der Waals surface area (Å²) in [6.45, 7) is 4.47. The first-order valence-corrected chi connectivity index (χ1v) is 7.69. The Balaban J connectivity index is 2.24. The summed E-state index contributed by atoms with van der Waals surface area (Å²) in [5.74, 6) is 0. The first-order chi connectivity index (χ1) is 9.17. The second kappa shape index (κ2) is 6.42. The van der Waals surface area contributed by atoms with Crippen LogP contribution in [0, 0.1) is 0 Å². The van der Waals surface area contributed by atoms with Gasteiger partial charge in [0, 0.05) is 18.8 Å². The van der Waals surface area contributed by atoms with Gasteiger partial charge in [0.2, 0.25) is 0 Å². The number of aryl methyl sites for hydroxylation is 2. The lowest BCUT2D eigenvalue weighted by atomic mass is 9.90. The van der Waals surface area contributed by atoms with Gasteiger partial charge >= 0.3 is 0 Å². The smallest absolute Gasteiger partial charge is 0.0541 e. The summed E-state index contributed by atoms with van der Waals surface area (Å²) in [4.78, 5) is 2.48. The molecule has 1 fully saturated rings. The first kappa shape index (κ1) is 14.4. The molecule has 0 saturated heterocycles. The van der Waals surface area contributed by atoms with Gasteiger partial charge in [0.05, 0.1) is 6.10 Å². The van der Waals surface area contributed by atoms with Gasteiger partial charge in [-0.05, 0) is 49.7 Å². The first-order valence-electron chi connectivity index (χ1n) is 7.69. The number of hydrogen-bond acceptors (Lipinski definition) is 2. The SMILES string of the molecule is CCc1cccc(CC)c1N(C)C1CCC(O)CC1. The number of nitrogens with zero attached hydrogens (tertiary/aromatic N) is 1. The summed E-state index contributed by atoms with van der Waals surface area (Å²) in [5, 5.41) is 9.66. The van der Waals surface area contributed by atoms with Gasteiger partial charge in [-0.3, -0.25) is 0 Å². The maximum Gasteiger partial charge on any atom is 0.0541 e. The average molecular weight is 261 g/mol. The van der Waals surface area contributed by atoms with Crippen molar-refractivity contribution in [2.24, 2.45) is 0 Å². The van der Waals surface area contributed by atoms with Gasteiger partial charge in [-0.25, -0.2) is 0 Å². The highest BCUT2D eigenvalue weighted by atomic mass is 16.3. The predicted octanol–water partition coefficient (Wildman–Crippen LogP) is 3.55. The Kier molecular flexibility index (Phi) is 4.87. The molecule has 106 valence electrons. The van der Waals surface area contributed by atoms with Crippen LogP contribution in [0.4, 0.5) is 5.69 Å². The molecule has 1 aromatic carbocycles. The summed E-state index contributed by atoms with van der Waals surface area (Å²) in [6, 6.07) is 7.27. The van der Waals surface area contributed by atoms with Crippen LogP contribution < -0.4 is 4.90 Å². The number of anilines is 1. The molecular weight excluding hydrogens is 234 g/mol. The van der Waals surface area contributed by atoms with Crippen molar-refractivity contribution in [1.29, 1.82) is 0 Å². The lowest BCUT2D eigenvalue weighted by Gasteiger charge is -2.36. The van der Waals surface area contributed by atoms with Crippen molar-refractivity contribution in [2.75, 3.05) is 11.9 Å². The van der Waals surface area contributed by atoms with Gasteiger partial charge < -0.3 is 10.0 Å². The molecule has 1 N–H and O–H groups in total. The van der Waals surface area contributed by atoms with Crippen molar-refractivity contribution in [3.05, 3.63) is 29.3 Å². The third-order valence-corrected chi connectivity index (χ3v) is 4.53. The molecule has 0 amide bonds. The minimum atomic E-state index is -0.0725. The van der Waals surface area contributed by atoms with E-state index in [4.69, 9.17) is 0 Å². The Bertz CT molecular complexity index is 385. The molecule has 0 radical (unpaired) electrons. The highest BCUT2D eigenvalue weighted by Crippen LogP contribution is 2.32. The lowest BCUT2D eigenvalue weighted by Crippen LogP contribution is -2.37. The van der Waals surface area contributed by atoms with Crippen molar-refractivity contribution in [3.63, 3.8) is 0 Å². The van der Waals surface area contributed by atoms with Crippen molar-refractivity contribution in [2.45, 2.75) is 64.5 Å². The standard InChI is InChI=1S/C17H27NO/c1-4-13-7-6-8-14(5-2)17(13)18(3)15-9-11-16(19)12-10-15/h6-8,15-16,19H,4-5,9-12H2,1-3H3. The number of hydrogen-bond donors (Lipinski definition) is 1. The van der Waals surface area contributed by atoms with Crippen molar-refractivity contribution in [3.8, 4) is 0 Å². The minimum Gasteiger partial charge on any atom is -0.393 e. The topological polar surface area (TPSA) is 23.5 Å². The van der Waals surface area contributed by atoms with E-state index in [1.165, 1.54) is 16.8 Å². The average Bonchev–Trinajstić information content (AvgIpc) is 2.46. The molecule has 2 heteroatoms. The van der Waals surface area contributed by atoms with Crippen LogP contribution in [0.3, 0.4) is 0 Å². The maximum atomic E-state index is 9.66. The number of benzene rings is 1. The van der Waals surface area contributed by atoms with Gasteiger partial charge in [0.15, 0.2) is 0 Å². The Morgan fingerprint density at radius 2 is 1.58 bits per heavy atom. The fourth-order valence-corrected chi connectivity index (χ4v) is 3.30. The second-order valence-corrected chi connectivity index (χ2v) is 5.71. The zero-order valence-corrected chi connectivity index (χ0v) is 12.5. The number of aliphatic hydroxyl groups excluding tert-OH is 1. The maximum absolute atomic E-state index is 9.66. The molecule has 0 bridgehead atoms. The second-order valence-electron chi connectivity index (χ2n) is 5.71. The summed E-state index contributed by atoms with van der Waals surface area (Å²) in [5.41, 5.74) is 4.34. The molecule has 19 heavy (non-hydrogen) atoms. The van der Waals surface area contributed by atoms with E-state index >= 15 is 0 Å². The van der Waals surface area contributed by atoms with Gasteiger partial charge in [0.1, 0.15) is 0 Å². The van der Waals surface area contributed by atoms with Crippen LogP contribution in [0.2, 0.25) is 0 Å². The molecule has 1 aliphatic rings. The Morgan fingerprint density at radius 3 is 2.05 bits per heavy atom. The molecule has 0 heterocycles. The monoisotopic (exact) mass is 261 g/mol. The van der Waals surface area contributed by atoms with Gasteiger partial charge in [-0.15, -0.1) is 0 Å². The van der Waals surface area contributed by atoms with Crippen LogP contribution in [-0.2, 0) is 12.8 Å². The van der Waals surface area contributed by atoms with E-state index in [-0.39, 0.29) is 6.10 Å². The molecular formula is C17H27NO. The molecule has 1 saturated carbocycles. The third kappa shape index (κ3) is 3.11. The van der Waals surface area contributed by atoms with Crippen LogP contribution >= 0.6 is 0 Å². The zero-order chi connectivity index (χ0) is 13.8. The quantitative estimate of drug-likeness (QED) is 0.896. The van der Waals surface area contributed by atoms with E-state index < -0.39 is 0 Å². The fraction of sp³-hybridized carbons (Fsp3) is 0.647. The molecule has 0 aliphatic heterocycles. The third-order valence-electron chi connectivity index (χ3n) is 4.53. The number of para-hydroxylation sites is 1. The van der Waals surface area contributed by atoms with E-state index in [9.17, 15) is 5.11 Å². The van der Waals surface area contributed by atoms with Crippen LogP contribution in [0.5, 0.6) is 0 Å². The van der Waals surface area contributed by atoms with Crippen LogP contribution in [-0.4, -0.2) is 24.3 Å². The molecule has 2 nitrogen and oxygen atoms in total. The number of aliphatic hydroxyl groups is 1. The van der Waals surface area contributed by atoms with Crippen LogP contribution in [0.1, 0.15) is 50.7 Å². The minimum absolute atomic E-state index is 0.0725. The van der Waals surface area contributed by atoms with Crippen LogP contribution in [0.15, 0.2) is 18.2 Å². The Morgan fingerprint density at radius 1 is 1.05 bits per heavy atom. The van der Waals surface area contributed by atoms with Crippen molar-refractivity contribution >= 4 is 5.69 Å². The van der Waals surface area contributed by atoms with E-state index in [2.05, 4.69) is 44.0 Å². The molecule has 0 atom stereocenters. The molecule has 2 rings (SSSR count). The lowest BCUT2D eigenvalue weighted by molar-refractivity contribution is 0.122. The summed E-state index contributed by atoms with van der Waals surface area (Å²) in [6.07, 6.45) is 6.22.